The van der Waals surface area contributed by atoms with Crippen LogP contribution in [-0.2, 0) is 22.7 Å². The van der Waals surface area contributed by atoms with Gasteiger partial charge in [0.25, 0.3) is 0 Å². The highest BCUT2D eigenvalue weighted by Gasteiger charge is 2.65. The molecule has 4 rings (SSSR count). The Labute approximate surface area is 158 Å². The second-order valence-electron chi connectivity index (χ2n) is 8.60. The minimum absolute atomic E-state index is 0.0298. The molecule has 1 saturated heterocycles. The molecule has 1 aromatic carbocycles. The van der Waals surface area contributed by atoms with Crippen molar-refractivity contribution in [2.24, 2.45) is 15.8 Å². The lowest BCUT2D eigenvalue weighted by molar-refractivity contribution is -0.133. The molecule has 2 aliphatic heterocycles. The summed E-state index contributed by atoms with van der Waals surface area (Å²) >= 11 is 1.40. The van der Waals surface area contributed by atoms with Crippen LogP contribution in [0.15, 0.2) is 29.3 Å². The van der Waals surface area contributed by atoms with Crippen LogP contribution in [0.1, 0.15) is 45.2 Å². The minimum atomic E-state index is -0.380. The van der Waals surface area contributed by atoms with E-state index in [0.29, 0.717) is 18.3 Å². The van der Waals surface area contributed by atoms with Gasteiger partial charge in [-0.2, -0.15) is 0 Å². The molecule has 2 fully saturated rings. The van der Waals surface area contributed by atoms with Crippen molar-refractivity contribution in [2.45, 2.75) is 58.5 Å². The number of nitrogens with one attached hydrogen (secondary N) is 1. The Hall–Kier alpha value is -1.82. The van der Waals surface area contributed by atoms with Crippen LogP contribution in [0.25, 0.3) is 0 Å². The Morgan fingerprint density at radius 3 is 2.31 bits per heavy atom. The molecular weight excluding hydrogens is 346 g/mol. The van der Waals surface area contributed by atoms with E-state index in [1.54, 1.807) is 0 Å². The largest absolute Gasteiger partial charge is 0.334 e. The number of carbonyl (C=O) groups excluding carboxylic acids is 2. The molecule has 1 aromatic rings. The zero-order chi connectivity index (χ0) is 18.7. The van der Waals surface area contributed by atoms with Crippen molar-refractivity contribution in [3.8, 4) is 0 Å². The molecule has 2 heterocycles. The topological polar surface area (TPSA) is 61.8 Å². The van der Waals surface area contributed by atoms with E-state index in [1.165, 1.54) is 22.9 Å². The second kappa shape index (κ2) is 5.84. The van der Waals surface area contributed by atoms with Crippen LogP contribution in [-0.4, -0.2) is 33.2 Å². The lowest BCUT2D eigenvalue weighted by atomic mass is 10.0. The lowest BCUT2D eigenvalue weighted by Gasteiger charge is -2.16. The van der Waals surface area contributed by atoms with Gasteiger partial charge < -0.3 is 10.2 Å². The van der Waals surface area contributed by atoms with Crippen molar-refractivity contribution in [3.63, 3.8) is 0 Å². The molecule has 0 spiro atoms. The van der Waals surface area contributed by atoms with Gasteiger partial charge in [-0.3, -0.25) is 14.6 Å². The van der Waals surface area contributed by atoms with E-state index in [4.69, 9.17) is 4.99 Å². The number of carbonyl (C=O) groups is 2. The Balaban J connectivity index is 1.38. The number of nitrogens with zero attached hydrogens (tertiary/aromatic N) is 2. The van der Waals surface area contributed by atoms with E-state index < -0.39 is 0 Å². The summed E-state index contributed by atoms with van der Waals surface area (Å²) in [6.07, 6.45) is 0.223. The van der Waals surface area contributed by atoms with Crippen LogP contribution in [0.3, 0.4) is 0 Å². The Bertz CT molecular complexity index is 776. The van der Waals surface area contributed by atoms with Gasteiger partial charge in [0.05, 0.1) is 6.04 Å². The molecule has 1 atom stereocenters. The smallest absolute Gasteiger partial charge is 0.240 e. The molecule has 0 aromatic heterocycles. The predicted octanol–water partition coefficient (Wildman–Crippen LogP) is 2.94. The van der Waals surface area contributed by atoms with Gasteiger partial charge in [-0.1, -0.05) is 63.7 Å². The van der Waals surface area contributed by atoms with E-state index in [1.807, 2.05) is 17.0 Å². The zero-order valence-corrected chi connectivity index (χ0v) is 16.5. The number of amides is 2. The maximum absolute atomic E-state index is 12.7. The van der Waals surface area contributed by atoms with Crippen LogP contribution in [0.4, 0.5) is 0 Å². The standard InChI is InChI=1S/C20H25N3O2S/c1-19(2)17(20(19,3)4)22-18-21-16(25)14(26-18)9-15(24)23-10-12-7-5-6-8-13(12)11-23/h5-8,14,17H,9-11H2,1-4H3,(H,21,22,25). The quantitative estimate of drug-likeness (QED) is 0.889. The molecule has 138 valence electrons. The molecule has 5 nitrogen and oxygen atoms in total. The zero-order valence-electron chi connectivity index (χ0n) is 15.7. The van der Waals surface area contributed by atoms with E-state index in [2.05, 4.69) is 45.1 Å². The molecule has 1 unspecified atom stereocenters. The number of aliphatic imine (C=N–C) groups is 1. The summed E-state index contributed by atoms with van der Waals surface area (Å²) in [5.74, 6) is -0.0720. The van der Waals surface area contributed by atoms with Crippen LogP contribution in [0, 0.1) is 10.8 Å². The van der Waals surface area contributed by atoms with E-state index in [0.717, 1.165) is 0 Å². The maximum atomic E-state index is 12.7. The number of amidine groups is 1. The molecule has 1 saturated carbocycles. The van der Waals surface area contributed by atoms with Crippen molar-refractivity contribution < 1.29 is 9.59 Å². The summed E-state index contributed by atoms with van der Waals surface area (Å²) in [6, 6.07) is 8.32. The third-order valence-electron chi connectivity index (χ3n) is 6.52. The van der Waals surface area contributed by atoms with Crippen LogP contribution < -0.4 is 5.32 Å². The molecule has 1 aliphatic carbocycles. The molecule has 0 radical (unpaired) electrons. The molecule has 2 amide bonds. The summed E-state index contributed by atoms with van der Waals surface area (Å²) in [5.41, 5.74) is 2.68. The predicted molar refractivity (Wildman–Crippen MR) is 104 cm³/mol. The average Bonchev–Trinajstić information content (AvgIpc) is 3.01. The lowest BCUT2D eigenvalue weighted by Crippen LogP contribution is -2.32. The fourth-order valence-electron chi connectivity index (χ4n) is 4.00. The van der Waals surface area contributed by atoms with E-state index in [-0.39, 0.29) is 40.4 Å². The van der Waals surface area contributed by atoms with Crippen molar-refractivity contribution in [1.29, 1.82) is 0 Å². The van der Waals surface area contributed by atoms with Gasteiger partial charge in [0.15, 0.2) is 5.17 Å². The SMILES string of the molecule is CC1(C)C(N=C2NC(=O)C(CC(=O)N3Cc4ccccc4C3)S2)C1(C)C. The number of hydrogen-bond donors (Lipinski definition) is 1. The van der Waals surface area contributed by atoms with E-state index in [9.17, 15) is 9.59 Å². The highest BCUT2D eigenvalue weighted by molar-refractivity contribution is 8.15. The first-order valence-corrected chi connectivity index (χ1v) is 9.98. The van der Waals surface area contributed by atoms with Gasteiger partial charge in [-0.15, -0.1) is 0 Å². The number of hydrogen-bond acceptors (Lipinski definition) is 4. The molecule has 0 bridgehead atoms. The Morgan fingerprint density at radius 1 is 1.19 bits per heavy atom. The molecule has 26 heavy (non-hydrogen) atoms. The fourth-order valence-corrected chi connectivity index (χ4v) is 4.99. The van der Waals surface area contributed by atoms with Crippen LogP contribution in [0.2, 0.25) is 0 Å². The fraction of sp³-hybridized carbons (Fsp3) is 0.550. The van der Waals surface area contributed by atoms with Crippen LogP contribution in [0.5, 0.6) is 0 Å². The first-order chi connectivity index (χ1) is 12.2. The van der Waals surface area contributed by atoms with Crippen molar-refractivity contribution in [1.82, 2.24) is 10.2 Å². The average molecular weight is 372 g/mol. The third kappa shape index (κ3) is 2.75. The number of benzene rings is 1. The maximum Gasteiger partial charge on any atom is 0.240 e. The third-order valence-corrected chi connectivity index (χ3v) is 7.62. The normalized spacial score (nSPS) is 27.5. The van der Waals surface area contributed by atoms with Crippen LogP contribution >= 0.6 is 11.8 Å². The summed E-state index contributed by atoms with van der Waals surface area (Å²) in [7, 11) is 0. The Morgan fingerprint density at radius 2 is 1.77 bits per heavy atom. The molecular formula is C20H25N3O2S. The first kappa shape index (κ1) is 17.6. The van der Waals surface area contributed by atoms with Gasteiger partial charge in [0, 0.05) is 19.5 Å². The van der Waals surface area contributed by atoms with Crippen molar-refractivity contribution >= 4 is 28.7 Å². The highest BCUT2D eigenvalue weighted by Crippen LogP contribution is 2.64. The molecule has 3 aliphatic rings. The van der Waals surface area contributed by atoms with Crippen molar-refractivity contribution in [3.05, 3.63) is 35.4 Å². The van der Waals surface area contributed by atoms with Gasteiger partial charge in [0.1, 0.15) is 5.25 Å². The summed E-state index contributed by atoms with van der Waals surface area (Å²) in [5, 5.41) is 3.16. The summed E-state index contributed by atoms with van der Waals surface area (Å²) < 4.78 is 0. The minimum Gasteiger partial charge on any atom is -0.334 e. The number of rotatable bonds is 3. The van der Waals surface area contributed by atoms with Gasteiger partial charge in [-0.05, 0) is 22.0 Å². The second-order valence-corrected chi connectivity index (χ2v) is 9.79. The molecule has 1 N–H and O–H groups in total. The highest BCUT2D eigenvalue weighted by atomic mass is 32.2. The Kier molecular flexibility index (Phi) is 3.95. The van der Waals surface area contributed by atoms with Gasteiger partial charge in [-0.25, -0.2) is 0 Å². The van der Waals surface area contributed by atoms with E-state index >= 15 is 0 Å². The van der Waals surface area contributed by atoms with Gasteiger partial charge >= 0.3 is 0 Å². The number of fused-ring (bicyclic) bond motifs is 1. The number of thioether (sulfide) groups is 1. The monoisotopic (exact) mass is 371 g/mol. The van der Waals surface area contributed by atoms with Gasteiger partial charge in [0.2, 0.25) is 11.8 Å². The first-order valence-electron chi connectivity index (χ1n) is 9.10. The summed E-state index contributed by atoms with van der Waals surface area (Å²) in [6.45, 7) is 10.1. The molecule has 6 heteroatoms. The summed E-state index contributed by atoms with van der Waals surface area (Å²) in [4.78, 5) is 31.5. The van der Waals surface area contributed by atoms with Crippen molar-refractivity contribution in [2.75, 3.05) is 0 Å².